The van der Waals surface area contributed by atoms with Gasteiger partial charge >= 0.3 is 6.18 Å². The maximum absolute atomic E-state index is 12.5. The number of alkyl halides is 3. The molecule has 1 aliphatic carbocycles. The van der Waals surface area contributed by atoms with Crippen LogP contribution in [0, 0.1) is 17.3 Å². The van der Waals surface area contributed by atoms with Gasteiger partial charge in [0.25, 0.3) is 0 Å². The molecule has 2 atom stereocenters. The molecule has 0 bridgehead atoms. The first-order valence-corrected chi connectivity index (χ1v) is 5.32. The Morgan fingerprint density at radius 1 is 1.29 bits per heavy atom. The zero-order chi connectivity index (χ0) is 11.0. The van der Waals surface area contributed by atoms with Crippen LogP contribution < -0.4 is 0 Å². The summed E-state index contributed by atoms with van der Waals surface area (Å²) < 4.78 is 37.6. The van der Waals surface area contributed by atoms with Crippen LogP contribution in [-0.4, -0.2) is 6.18 Å². The van der Waals surface area contributed by atoms with E-state index in [-0.39, 0.29) is 5.41 Å². The lowest BCUT2D eigenvalue weighted by Crippen LogP contribution is -2.36. The molecule has 1 aliphatic rings. The highest BCUT2D eigenvalue weighted by Gasteiger charge is 2.46. The Labute approximate surface area is 83.9 Å². The van der Waals surface area contributed by atoms with Crippen LogP contribution in [0.4, 0.5) is 13.2 Å². The minimum Gasteiger partial charge on any atom is -0.171 e. The Bertz CT molecular complexity index is 195. The van der Waals surface area contributed by atoms with Crippen LogP contribution in [0.1, 0.15) is 46.5 Å². The number of halogens is 3. The third-order valence-electron chi connectivity index (χ3n) is 3.87. The lowest BCUT2D eigenvalue weighted by Gasteiger charge is -2.41. The van der Waals surface area contributed by atoms with E-state index in [2.05, 4.69) is 0 Å². The molecule has 84 valence electrons. The van der Waals surface area contributed by atoms with Crippen molar-refractivity contribution in [2.45, 2.75) is 52.6 Å². The predicted molar refractivity (Wildman–Crippen MR) is 51.0 cm³/mol. The van der Waals surface area contributed by atoms with Crippen LogP contribution in [0.15, 0.2) is 0 Å². The Balaban J connectivity index is 2.69. The molecule has 0 spiro atoms. The van der Waals surface area contributed by atoms with Crippen LogP contribution in [0.5, 0.6) is 0 Å². The van der Waals surface area contributed by atoms with Gasteiger partial charge in [-0.2, -0.15) is 13.2 Å². The fourth-order valence-electron chi connectivity index (χ4n) is 2.32. The van der Waals surface area contributed by atoms with Crippen molar-refractivity contribution in [3.63, 3.8) is 0 Å². The third kappa shape index (κ3) is 2.43. The molecule has 0 aliphatic heterocycles. The van der Waals surface area contributed by atoms with Gasteiger partial charge in [-0.3, -0.25) is 0 Å². The lowest BCUT2D eigenvalue weighted by atomic mass is 9.65. The first-order chi connectivity index (χ1) is 6.26. The summed E-state index contributed by atoms with van der Waals surface area (Å²) in [7, 11) is 0. The monoisotopic (exact) mass is 208 g/mol. The molecule has 1 saturated carbocycles. The van der Waals surface area contributed by atoms with E-state index in [4.69, 9.17) is 0 Å². The molecule has 14 heavy (non-hydrogen) atoms. The average Bonchev–Trinajstić information content (AvgIpc) is 2.02. The van der Waals surface area contributed by atoms with E-state index < -0.39 is 12.1 Å². The molecule has 0 aromatic carbocycles. The summed E-state index contributed by atoms with van der Waals surface area (Å²) in [6.07, 6.45) is -1.69. The molecule has 1 fully saturated rings. The van der Waals surface area contributed by atoms with Crippen molar-refractivity contribution in [2.75, 3.05) is 0 Å². The standard InChI is InChI=1S/C11H19F3/c1-8(2)10(3)6-4-5-9(7-10)11(12,13)14/h8-9H,4-7H2,1-3H3/t9-,10?/m0/s1. The van der Waals surface area contributed by atoms with Crippen molar-refractivity contribution in [3.05, 3.63) is 0 Å². The predicted octanol–water partition coefficient (Wildman–Crippen LogP) is 4.40. The maximum Gasteiger partial charge on any atom is 0.391 e. The fraction of sp³-hybridized carbons (Fsp3) is 1.00. The van der Waals surface area contributed by atoms with Gasteiger partial charge in [0.2, 0.25) is 0 Å². The molecule has 0 nitrogen and oxygen atoms in total. The quantitative estimate of drug-likeness (QED) is 0.599. The van der Waals surface area contributed by atoms with Gasteiger partial charge in [-0.05, 0) is 30.6 Å². The molecule has 0 heterocycles. The Morgan fingerprint density at radius 3 is 2.29 bits per heavy atom. The van der Waals surface area contributed by atoms with Crippen LogP contribution in [0.3, 0.4) is 0 Å². The van der Waals surface area contributed by atoms with Gasteiger partial charge in [0.1, 0.15) is 0 Å². The average molecular weight is 208 g/mol. The number of hydrogen-bond donors (Lipinski definition) is 0. The Morgan fingerprint density at radius 2 is 1.86 bits per heavy atom. The summed E-state index contributed by atoms with van der Waals surface area (Å²) in [5, 5.41) is 0. The summed E-state index contributed by atoms with van der Waals surface area (Å²) >= 11 is 0. The molecule has 3 heteroatoms. The molecule has 0 aromatic heterocycles. The molecule has 1 rings (SSSR count). The van der Waals surface area contributed by atoms with Crippen molar-refractivity contribution < 1.29 is 13.2 Å². The zero-order valence-electron chi connectivity index (χ0n) is 9.12. The molecule has 1 unspecified atom stereocenters. The van der Waals surface area contributed by atoms with Gasteiger partial charge < -0.3 is 0 Å². The van der Waals surface area contributed by atoms with Crippen molar-refractivity contribution in [3.8, 4) is 0 Å². The number of rotatable bonds is 1. The smallest absolute Gasteiger partial charge is 0.171 e. The highest BCUT2D eigenvalue weighted by molar-refractivity contribution is 4.87. The summed E-state index contributed by atoms with van der Waals surface area (Å²) in [6.45, 7) is 6.05. The van der Waals surface area contributed by atoms with E-state index in [1.807, 2.05) is 20.8 Å². The SMILES string of the molecule is CC(C)C1(C)CCC[C@H](C(F)(F)F)C1. The fourth-order valence-corrected chi connectivity index (χ4v) is 2.32. The molecule has 0 amide bonds. The van der Waals surface area contributed by atoms with Gasteiger partial charge in [-0.15, -0.1) is 0 Å². The third-order valence-corrected chi connectivity index (χ3v) is 3.87. The van der Waals surface area contributed by atoms with E-state index in [0.29, 0.717) is 18.8 Å². The van der Waals surface area contributed by atoms with Crippen LogP contribution in [-0.2, 0) is 0 Å². The molecule has 0 N–H and O–H groups in total. The summed E-state index contributed by atoms with van der Waals surface area (Å²) in [4.78, 5) is 0. The summed E-state index contributed by atoms with van der Waals surface area (Å²) in [5.41, 5.74) is -0.113. The molecular formula is C11H19F3. The topological polar surface area (TPSA) is 0 Å². The largest absolute Gasteiger partial charge is 0.391 e. The van der Waals surface area contributed by atoms with E-state index in [9.17, 15) is 13.2 Å². The van der Waals surface area contributed by atoms with Crippen molar-refractivity contribution >= 4 is 0 Å². The van der Waals surface area contributed by atoms with Gasteiger partial charge in [-0.25, -0.2) is 0 Å². The zero-order valence-corrected chi connectivity index (χ0v) is 9.12. The summed E-state index contributed by atoms with van der Waals surface area (Å²) in [5.74, 6) is -0.726. The highest BCUT2D eigenvalue weighted by Crippen LogP contribution is 2.49. The first-order valence-electron chi connectivity index (χ1n) is 5.32. The molecule has 0 saturated heterocycles. The maximum atomic E-state index is 12.5. The second-order valence-corrected chi connectivity index (χ2v) is 5.14. The molecule has 0 radical (unpaired) electrons. The van der Waals surface area contributed by atoms with Gasteiger partial charge in [0.05, 0.1) is 5.92 Å². The van der Waals surface area contributed by atoms with Crippen LogP contribution in [0.25, 0.3) is 0 Å². The van der Waals surface area contributed by atoms with E-state index in [0.717, 1.165) is 12.8 Å². The van der Waals surface area contributed by atoms with Crippen molar-refractivity contribution in [1.82, 2.24) is 0 Å². The normalized spacial score (nSPS) is 34.9. The van der Waals surface area contributed by atoms with E-state index in [1.165, 1.54) is 0 Å². The van der Waals surface area contributed by atoms with Crippen molar-refractivity contribution in [1.29, 1.82) is 0 Å². The first kappa shape index (κ1) is 11.9. The highest BCUT2D eigenvalue weighted by atomic mass is 19.4. The molecule has 0 aromatic rings. The van der Waals surface area contributed by atoms with Gasteiger partial charge in [-0.1, -0.05) is 27.2 Å². The van der Waals surface area contributed by atoms with Gasteiger partial charge in [0, 0.05) is 0 Å². The Kier molecular flexibility index (Phi) is 3.17. The lowest BCUT2D eigenvalue weighted by molar-refractivity contribution is -0.193. The van der Waals surface area contributed by atoms with Crippen molar-refractivity contribution in [2.24, 2.45) is 17.3 Å². The second-order valence-electron chi connectivity index (χ2n) is 5.14. The van der Waals surface area contributed by atoms with Crippen LogP contribution in [0.2, 0.25) is 0 Å². The Hall–Kier alpha value is -0.210. The second kappa shape index (κ2) is 3.74. The van der Waals surface area contributed by atoms with Gasteiger partial charge in [0.15, 0.2) is 0 Å². The minimum absolute atomic E-state index is 0.113. The summed E-state index contributed by atoms with van der Waals surface area (Å²) in [6, 6.07) is 0. The number of hydrogen-bond acceptors (Lipinski definition) is 0. The van der Waals surface area contributed by atoms with E-state index >= 15 is 0 Å². The van der Waals surface area contributed by atoms with Crippen LogP contribution >= 0.6 is 0 Å². The minimum atomic E-state index is -3.99. The van der Waals surface area contributed by atoms with E-state index in [1.54, 1.807) is 0 Å². The molecular weight excluding hydrogens is 189 g/mol.